The second-order valence-electron chi connectivity index (χ2n) is 7.60. The van der Waals surface area contributed by atoms with Gasteiger partial charge in [0.25, 0.3) is 11.8 Å². The number of rotatable bonds is 7. The molecule has 36 heavy (non-hydrogen) atoms. The summed E-state index contributed by atoms with van der Waals surface area (Å²) < 4.78 is 38.5. The Morgan fingerprint density at radius 2 is 1.53 bits per heavy atom. The molecule has 0 atom stereocenters. The van der Waals surface area contributed by atoms with Crippen LogP contribution in [0, 0.1) is 11.6 Å². The molecule has 3 aromatic rings. The Morgan fingerprint density at radius 3 is 2.17 bits per heavy atom. The number of benzene rings is 3. The number of ether oxygens (including phenoxy) is 2. The van der Waals surface area contributed by atoms with Crippen LogP contribution in [-0.2, 0) is 16.2 Å². The van der Waals surface area contributed by atoms with E-state index in [9.17, 15) is 23.2 Å². The smallest absolute Gasteiger partial charge is 0.335 e. The number of nitrogens with one attached hydrogen (secondary N) is 1. The molecular formula is C26H19BrF2N2O5. The Hall–Kier alpha value is -4.05. The summed E-state index contributed by atoms with van der Waals surface area (Å²) in [6, 6.07) is 12.9. The molecule has 1 fully saturated rings. The number of hydrogen-bond acceptors (Lipinski definition) is 5. The van der Waals surface area contributed by atoms with Crippen molar-refractivity contribution in [3.8, 4) is 11.5 Å². The third-order valence-electron chi connectivity index (χ3n) is 5.16. The summed E-state index contributed by atoms with van der Waals surface area (Å²) in [6.07, 6.45) is 1.32. The highest BCUT2D eigenvalue weighted by Crippen LogP contribution is 2.36. The van der Waals surface area contributed by atoms with E-state index in [0.717, 1.165) is 22.6 Å². The van der Waals surface area contributed by atoms with Crippen LogP contribution < -0.4 is 19.7 Å². The van der Waals surface area contributed by atoms with Crippen LogP contribution in [0.5, 0.6) is 11.5 Å². The van der Waals surface area contributed by atoms with E-state index in [1.807, 2.05) is 0 Å². The predicted molar refractivity (Wildman–Crippen MR) is 131 cm³/mol. The van der Waals surface area contributed by atoms with Crippen molar-refractivity contribution in [1.29, 1.82) is 0 Å². The second-order valence-corrected chi connectivity index (χ2v) is 8.46. The van der Waals surface area contributed by atoms with Gasteiger partial charge < -0.3 is 9.47 Å². The molecule has 184 valence electrons. The summed E-state index contributed by atoms with van der Waals surface area (Å²) in [6.45, 7) is 2.26. The first-order chi connectivity index (χ1) is 17.3. The normalized spacial score (nSPS) is 14.7. The van der Waals surface area contributed by atoms with Crippen LogP contribution in [0.2, 0.25) is 0 Å². The van der Waals surface area contributed by atoms with Gasteiger partial charge in [0.15, 0.2) is 11.5 Å². The van der Waals surface area contributed by atoms with Gasteiger partial charge in [0, 0.05) is 4.47 Å². The van der Waals surface area contributed by atoms with Crippen LogP contribution in [0.4, 0.5) is 19.3 Å². The minimum Gasteiger partial charge on any atom is -0.490 e. The van der Waals surface area contributed by atoms with Gasteiger partial charge >= 0.3 is 6.03 Å². The molecule has 0 radical (unpaired) electrons. The zero-order valence-corrected chi connectivity index (χ0v) is 20.5. The molecular weight excluding hydrogens is 538 g/mol. The van der Waals surface area contributed by atoms with E-state index in [4.69, 9.17) is 9.47 Å². The van der Waals surface area contributed by atoms with Gasteiger partial charge in [0.05, 0.1) is 12.3 Å². The first-order valence-corrected chi connectivity index (χ1v) is 11.6. The van der Waals surface area contributed by atoms with Crippen molar-refractivity contribution in [3.05, 3.63) is 93.5 Å². The maximum atomic E-state index is 13.3. The fraction of sp³-hybridized carbons (Fsp3) is 0.115. The first kappa shape index (κ1) is 25.1. The molecule has 7 nitrogen and oxygen atoms in total. The lowest BCUT2D eigenvalue weighted by Gasteiger charge is -2.26. The fourth-order valence-electron chi connectivity index (χ4n) is 3.42. The molecule has 1 N–H and O–H groups in total. The maximum absolute atomic E-state index is 13.3. The molecule has 4 amide bonds. The predicted octanol–water partition coefficient (Wildman–Crippen LogP) is 5.37. The van der Waals surface area contributed by atoms with Crippen LogP contribution >= 0.6 is 15.9 Å². The van der Waals surface area contributed by atoms with E-state index < -0.39 is 23.7 Å². The lowest BCUT2D eigenvalue weighted by molar-refractivity contribution is -0.122. The third kappa shape index (κ3) is 5.44. The molecule has 0 saturated carbocycles. The number of imide groups is 2. The molecule has 0 unspecified atom stereocenters. The van der Waals surface area contributed by atoms with Crippen molar-refractivity contribution in [2.24, 2.45) is 0 Å². The Labute approximate surface area is 213 Å². The molecule has 3 aromatic carbocycles. The van der Waals surface area contributed by atoms with Gasteiger partial charge in [-0.15, -0.1) is 0 Å². The van der Waals surface area contributed by atoms with Gasteiger partial charge in [-0.2, -0.15) is 0 Å². The number of urea groups is 1. The summed E-state index contributed by atoms with van der Waals surface area (Å²) in [4.78, 5) is 38.7. The molecule has 1 saturated heterocycles. The topological polar surface area (TPSA) is 84.9 Å². The molecule has 0 aromatic heterocycles. The van der Waals surface area contributed by atoms with Crippen LogP contribution in [0.15, 0.2) is 70.7 Å². The number of anilines is 1. The van der Waals surface area contributed by atoms with Gasteiger partial charge in [-0.3, -0.25) is 14.9 Å². The van der Waals surface area contributed by atoms with E-state index in [-0.39, 0.29) is 23.7 Å². The minimum absolute atomic E-state index is 0.107. The monoisotopic (exact) mass is 556 g/mol. The fourth-order valence-corrected chi connectivity index (χ4v) is 3.86. The number of carbonyl (C=O) groups is 3. The molecule has 0 spiro atoms. The molecule has 1 aliphatic heterocycles. The van der Waals surface area contributed by atoms with Gasteiger partial charge in [-0.05, 0) is 72.7 Å². The highest BCUT2D eigenvalue weighted by Gasteiger charge is 2.37. The lowest BCUT2D eigenvalue weighted by Crippen LogP contribution is -2.54. The zero-order chi connectivity index (χ0) is 25.8. The van der Waals surface area contributed by atoms with E-state index >= 15 is 0 Å². The Kier molecular flexibility index (Phi) is 7.44. The number of carbonyl (C=O) groups excluding carboxylic acids is 3. The van der Waals surface area contributed by atoms with Crippen molar-refractivity contribution in [2.75, 3.05) is 11.5 Å². The summed E-state index contributed by atoms with van der Waals surface area (Å²) in [7, 11) is 0. The van der Waals surface area contributed by atoms with E-state index in [1.165, 1.54) is 30.3 Å². The molecule has 4 rings (SSSR count). The second kappa shape index (κ2) is 10.7. The average molecular weight is 557 g/mol. The Morgan fingerprint density at radius 1 is 0.917 bits per heavy atom. The Balaban J connectivity index is 1.65. The van der Waals surface area contributed by atoms with Gasteiger partial charge in [0.2, 0.25) is 0 Å². The zero-order valence-electron chi connectivity index (χ0n) is 18.9. The van der Waals surface area contributed by atoms with Crippen molar-refractivity contribution in [1.82, 2.24) is 5.32 Å². The molecule has 1 aliphatic rings. The van der Waals surface area contributed by atoms with Crippen molar-refractivity contribution in [3.63, 3.8) is 0 Å². The van der Waals surface area contributed by atoms with E-state index in [2.05, 4.69) is 21.2 Å². The van der Waals surface area contributed by atoms with Gasteiger partial charge in [-0.25, -0.2) is 18.5 Å². The molecule has 0 aliphatic carbocycles. The maximum Gasteiger partial charge on any atom is 0.335 e. The van der Waals surface area contributed by atoms with Crippen LogP contribution in [0.1, 0.15) is 18.1 Å². The number of amides is 4. The van der Waals surface area contributed by atoms with Gasteiger partial charge in [0.1, 0.15) is 23.8 Å². The van der Waals surface area contributed by atoms with Crippen LogP contribution in [-0.4, -0.2) is 24.5 Å². The number of nitrogens with zero attached hydrogens (tertiary/aromatic N) is 1. The number of hydrogen-bond donors (Lipinski definition) is 1. The Bertz CT molecular complexity index is 1360. The van der Waals surface area contributed by atoms with Crippen molar-refractivity contribution in [2.45, 2.75) is 13.5 Å². The highest BCUT2D eigenvalue weighted by atomic mass is 79.9. The molecule has 10 heteroatoms. The summed E-state index contributed by atoms with van der Waals surface area (Å²) in [5.74, 6) is -1.89. The number of halogens is 3. The largest absolute Gasteiger partial charge is 0.490 e. The minimum atomic E-state index is -0.938. The summed E-state index contributed by atoms with van der Waals surface area (Å²) in [5, 5.41) is 2.12. The van der Waals surface area contributed by atoms with Crippen LogP contribution in [0.25, 0.3) is 6.08 Å². The highest BCUT2D eigenvalue weighted by molar-refractivity contribution is 9.10. The SMILES string of the molecule is CCOc1cc(/C=C2\C(=O)NC(=O)N(c3ccc(F)cc3)C2=O)c(Br)cc1OCc1ccc(F)cc1. The average Bonchev–Trinajstić information content (AvgIpc) is 2.84. The molecule has 0 bridgehead atoms. The van der Waals surface area contributed by atoms with Crippen molar-refractivity contribution >= 4 is 45.5 Å². The van der Waals surface area contributed by atoms with Gasteiger partial charge in [-0.1, -0.05) is 28.1 Å². The number of barbiturate groups is 1. The first-order valence-electron chi connectivity index (χ1n) is 10.8. The van der Waals surface area contributed by atoms with E-state index in [0.29, 0.717) is 28.1 Å². The lowest BCUT2D eigenvalue weighted by atomic mass is 10.1. The summed E-state index contributed by atoms with van der Waals surface area (Å²) >= 11 is 3.42. The quantitative estimate of drug-likeness (QED) is 0.312. The standard InChI is InChI=1S/C26H19BrF2N2O5/c1-2-35-22-12-16(21(27)13-23(22)36-14-15-3-5-17(28)6-4-15)11-20-24(32)30-26(34)31(25(20)33)19-9-7-18(29)8-10-19/h3-13H,2,14H2,1H3,(H,30,32,34)/b20-11+. The van der Waals surface area contributed by atoms with Crippen LogP contribution in [0.3, 0.4) is 0 Å². The molecule has 1 heterocycles. The summed E-state index contributed by atoms with van der Waals surface area (Å²) in [5.41, 5.74) is 0.966. The van der Waals surface area contributed by atoms with Crippen molar-refractivity contribution < 1.29 is 32.6 Å². The van der Waals surface area contributed by atoms with E-state index in [1.54, 1.807) is 31.2 Å². The third-order valence-corrected chi connectivity index (χ3v) is 5.84.